The van der Waals surface area contributed by atoms with E-state index in [1.54, 1.807) is 0 Å². The summed E-state index contributed by atoms with van der Waals surface area (Å²) in [5.41, 5.74) is 7.94. The summed E-state index contributed by atoms with van der Waals surface area (Å²) in [5, 5.41) is 0. The molecular formula is C5H16N2+2. The average molecular weight is 104 g/mol. The van der Waals surface area contributed by atoms with Gasteiger partial charge in [-0.05, 0) is 13.8 Å². The minimum absolute atomic E-state index is 0.361. The van der Waals surface area contributed by atoms with Gasteiger partial charge in [-0.2, -0.15) is 0 Å². The van der Waals surface area contributed by atoms with Crippen LogP contribution in [-0.4, -0.2) is 13.1 Å². The molecule has 0 aliphatic carbocycles. The molecule has 0 saturated heterocycles. The molecule has 0 rings (SSSR count). The van der Waals surface area contributed by atoms with Crippen LogP contribution in [0.4, 0.5) is 0 Å². The van der Waals surface area contributed by atoms with Crippen LogP contribution >= 0.6 is 0 Å². The van der Waals surface area contributed by atoms with Gasteiger partial charge in [0.15, 0.2) is 0 Å². The zero-order valence-corrected chi connectivity index (χ0v) is 5.33. The maximum Gasteiger partial charge on any atom is 0.0846 e. The van der Waals surface area contributed by atoms with Crippen molar-refractivity contribution in [1.82, 2.24) is 0 Å². The van der Waals surface area contributed by atoms with Crippen molar-refractivity contribution >= 4 is 0 Å². The maximum absolute atomic E-state index is 3.79. The predicted molar refractivity (Wildman–Crippen MR) is 29.3 cm³/mol. The first kappa shape index (κ1) is 6.92. The van der Waals surface area contributed by atoms with Crippen LogP contribution in [-0.2, 0) is 0 Å². The van der Waals surface area contributed by atoms with Gasteiger partial charge in [-0.1, -0.05) is 0 Å². The van der Waals surface area contributed by atoms with Crippen LogP contribution in [0.1, 0.15) is 13.8 Å². The molecule has 6 N–H and O–H groups in total. The standard InChI is InChI=1S/C5H14N2/c1-5(2,3-6)4-7/h3-4,6-7H2,1-2H3/p+2. The normalized spacial score (nSPS) is 12.0. The molecule has 0 aliphatic heterocycles. The van der Waals surface area contributed by atoms with E-state index in [0.717, 1.165) is 13.1 Å². The first-order valence-corrected chi connectivity index (χ1v) is 2.71. The fourth-order valence-corrected chi connectivity index (χ4v) is 0.125. The quantitative estimate of drug-likeness (QED) is 0.428. The summed E-state index contributed by atoms with van der Waals surface area (Å²) >= 11 is 0. The number of hydrogen-bond donors (Lipinski definition) is 2. The van der Waals surface area contributed by atoms with Crippen LogP contribution in [0.15, 0.2) is 0 Å². The zero-order chi connectivity index (χ0) is 5.91. The van der Waals surface area contributed by atoms with E-state index >= 15 is 0 Å². The molecule has 0 aromatic carbocycles. The highest BCUT2D eigenvalue weighted by molar-refractivity contribution is 4.61. The molecule has 2 heteroatoms. The first-order valence-electron chi connectivity index (χ1n) is 2.71. The molecule has 0 spiro atoms. The maximum atomic E-state index is 3.79. The lowest BCUT2D eigenvalue weighted by molar-refractivity contribution is -0.438. The van der Waals surface area contributed by atoms with E-state index in [4.69, 9.17) is 0 Å². The van der Waals surface area contributed by atoms with Gasteiger partial charge in [0.1, 0.15) is 0 Å². The van der Waals surface area contributed by atoms with E-state index in [9.17, 15) is 0 Å². The SMILES string of the molecule is CC(C)(C[NH3+])C[NH3+]. The summed E-state index contributed by atoms with van der Waals surface area (Å²) in [6, 6.07) is 0. The van der Waals surface area contributed by atoms with Crippen molar-refractivity contribution in [2.75, 3.05) is 13.1 Å². The van der Waals surface area contributed by atoms with Crippen molar-refractivity contribution in [3.8, 4) is 0 Å². The molecule has 0 saturated carbocycles. The van der Waals surface area contributed by atoms with Gasteiger partial charge in [-0.3, -0.25) is 0 Å². The third kappa shape index (κ3) is 2.60. The van der Waals surface area contributed by atoms with Crippen molar-refractivity contribution in [3.05, 3.63) is 0 Å². The highest BCUT2D eigenvalue weighted by atomic mass is 14.6. The van der Waals surface area contributed by atoms with Crippen molar-refractivity contribution in [1.29, 1.82) is 0 Å². The first-order chi connectivity index (χ1) is 3.12. The summed E-state index contributed by atoms with van der Waals surface area (Å²) in [6.07, 6.45) is 0. The fraction of sp³-hybridized carbons (Fsp3) is 1.00. The predicted octanol–water partition coefficient (Wildman–Crippen LogP) is -1.50. The lowest BCUT2D eigenvalue weighted by Gasteiger charge is -2.12. The highest BCUT2D eigenvalue weighted by Crippen LogP contribution is 2.05. The van der Waals surface area contributed by atoms with Crippen LogP contribution in [0.2, 0.25) is 0 Å². The molecule has 0 amide bonds. The lowest BCUT2D eigenvalue weighted by atomic mass is 9.95. The van der Waals surface area contributed by atoms with Crippen molar-refractivity contribution in [2.45, 2.75) is 13.8 Å². The van der Waals surface area contributed by atoms with E-state index in [1.807, 2.05) is 0 Å². The van der Waals surface area contributed by atoms with Gasteiger partial charge >= 0.3 is 0 Å². The van der Waals surface area contributed by atoms with Gasteiger partial charge in [0.2, 0.25) is 0 Å². The minimum atomic E-state index is 0.361. The molecule has 44 valence electrons. The van der Waals surface area contributed by atoms with Gasteiger partial charge < -0.3 is 11.5 Å². The second-order valence-corrected chi connectivity index (χ2v) is 2.66. The molecule has 7 heavy (non-hydrogen) atoms. The zero-order valence-electron chi connectivity index (χ0n) is 5.33. The van der Waals surface area contributed by atoms with E-state index < -0.39 is 0 Å². The Hall–Kier alpha value is -0.0800. The van der Waals surface area contributed by atoms with E-state index in [-0.39, 0.29) is 0 Å². The van der Waals surface area contributed by atoms with Gasteiger partial charge in [-0.25, -0.2) is 0 Å². The van der Waals surface area contributed by atoms with Gasteiger partial charge in [0.25, 0.3) is 0 Å². The Morgan fingerprint density at radius 2 is 1.43 bits per heavy atom. The largest absolute Gasteiger partial charge is 0.357 e. The van der Waals surface area contributed by atoms with Crippen LogP contribution < -0.4 is 11.5 Å². The Labute approximate surface area is 44.9 Å². The van der Waals surface area contributed by atoms with E-state index in [0.29, 0.717) is 5.41 Å². The molecule has 0 bridgehead atoms. The number of rotatable bonds is 2. The summed E-state index contributed by atoms with van der Waals surface area (Å²) in [6.45, 7) is 6.31. The second kappa shape index (κ2) is 2.28. The van der Waals surface area contributed by atoms with Gasteiger partial charge in [0.05, 0.1) is 18.5 Å². The van der Waals surface area contributed by atoms with Gasteiger partial charge in [0, 0.05) is 0 Å². The monoisotopic (exact) mass is 104 g/mol. The van der Waals surface area contributed by atoms with Crippen LogP contribution in [0.3, 0.4) is 0 Å². The van der Waals surface area contributed by atoms with E-state index in [1.165, 1.54) is 0 Å². The Kier molecular flexibility index (Phi) is 2.26. The van der Waals surface area contributed by atoms with Crippen LogP contribution in [0.25, 0.3) is 0 Å². The highest BCUT2D eigenvalue weighted by Gasteiger charge is 2.16. The molecule has 0 radical (unpaired) electrons. The number of hydrogen-bond acceptors (Lipinski definition) is 0. The van der Waals surface area contributed by atoms with Crippen LogP contribution in [0.5, 0.6) is 0 Å². The fourth-order valence-electron chi connectivity index (χ4n) is 0.125. The van der Waals surface area contributed by atoms with Crippen molar-refractivity contribution in [3.63, 3.8) is 0 Å². The topological polar surface area (TPSA) is 55.3 Å². The van der Waals surface area contributed by atoms with Crippen molar-refractivity contribution < 1.29 is 11.5 Å². The molecule has 0 atom stereocenters. The van der Waals surface area contributed by atoms with Gasteiger partial charge in [-0.15, -0.1) is 0 Å². The third-order valence-corrected chi connectivity index (χ3v) is 1.35. The molecule has 0 heterocycles. The Bertz CT molecular complexity index is 44.0. The Morgan fingerprint density at radius 1 is 1.14 bits per heavy atom. The molecule has 0 unspecified atom stereocenters. The summed E-state index contributed by atoms with van der Waals surface area (Å²) in [7, 11) is 0. The molecule has 0 fully saturated rings. The van der Waals surface area contributed by atoms with E-state index in [2.05, 4.69) is 25.3 Å². The second-order valence-electron chi connectivity index (χ2n) is 2.66. The Morgan fingerprint density at radius 3 is 1.43 bits per heavy atom. The average Bonchev–Trinajstić information content (AvgIpc) is 1.68. The number of quaternary nitrogens is 2. The lowest BCUT2D eigenvalue weighted by Crippen LogP contribution is -2.65. The summed E-state index contributed by atoms with van der Waals surface area (Å²) < 4.78 is 0. The molecular weight excluding hydrogens is 88.1 g/mol. The molecule has 2 nitrogen and oxygen atoms in total. The molecule has 0 aromatic heterocycles. The third-order valence-electron chi connectivity index (χ3n) is 1.35. The smallest absolute Gasteiger partial charge is 0.0846 e. The minimum Gasteiger partial charge on any atom is -0.357 e. The summed E-state index contributed by atoms with van der Waals surface area (Å²) in [4.78, 5) is 0. The molecule has 0 aromatic rings. The van der Waals surface area contributed by atoms with Crippen molar-refractivity contribution in [2.24, 2.45) is 5.41 Å². The Balaban J connectivity index is 3.36. The summed E-state index contributed by atoms with van der Waals surface area (Å²) in [5.74, 6) is 0. The molecule has 0 aliphatic rings. The van der Waals surface area contributed by atoms with Crippen LogP contribution in [0, 0.1) is 5.41 Å².